The Kier molecular flexibility index (Phi) is 6.55. The van der Waals surface area contributed by atoms with E-state index in [1.165, 1.54) is 4.90 Å². The van der Waals surface area contributed by atoms with Gasteiger partial charge in [0.25, 0.3) is 11.7 Å². The van der Waals surface area contributed by atoms with Crippen molar-refractivity contribution in [3.63, 3.8) is 0 Å². The standard InChI is InChI=1S/C25H28N2O6/c1-4-12-31-18-7-5-6-16(13-18)22-21(24(29)25(30)27(22)11-10-26(2)3)23(28)17-8-9-19-20(14-17)33-15-32-19/h5-9,13-14,22,28H,4,10-12,15H2,1-3H3/b23-21+. The number of aliphatic hydroxyl groups is 1. The molecule has 2 aromatic rings. The van der Waals surface area contributed by atoms with Crippen LogP contribution in [0.15, 0.2) is 48.0 Å². The molecule has 0 saturated carbocycles. The van der Waals surface area contributed by atoms with Gasteiger partial charge in [-0.05, 0) is 56.4 Å². The summed E-state index contributed by atoms with van der Waals surface area (Å²) in [6.45, 7) is 3.58. The highest BCUT2D eigenvalue weighted by Crippen LogP contribution is 2.41. The zero-order valence-electron chi connectivity index (χ0n) is 19.0. The lowest BCUT2D eigenvalue weighted by Crippen LogP contribution is -2.35. The number of likely N-dealkylation sites (N-methyl/N-ethyl adjacent to an activating group) is 1. The van der Waals surface area contributed by atoms with Crippen LogP contribution in [0.25, 0.3) is 5.76 Å². The van der Waals surface area contributed by atoms with Crippen molar-refractivity contribution in [3.8, 4) is 17.2 Å². The molecule has 1 fully saturated rings. The number of aliphatic hydroxyl groups excluding tert-OH is 1. The monoisotopic (exact) mass is 452 g/mol. The van der Waals surface area contributed by atoms with Crippen LogP contribution in [-0.4, -0.2) is 67.2 Å². The fourth-order valence-corrected chi connectivity index (χ4v) is 3.96. The molecular weight excluding hydrogens is 424 g/mol. The Hall–Kier alpha value is -3.52. The summed E-state index contributed by atoms with van der Waals surface area (Å²) in [7, 11) is 3.80. The van der Waals surface area contributed by atoms with Gasteiger partial charge in [-0.15, -0.1) is 0 Å². The summed E-state index contributed by atoms with van der Waals surface area (Å²) in [5.41, 5.74) is 1.13. The minimum absolute atomic E-state index is 0.0465. The molecule has 0 radical (unpaired) electrons. The highest BCUT2D eigenvalue weighted by Gasteiger charge is 2.46. The topological polar surface area (TPSA) is 88.5 Å². The molecule has 1 atom stereocenters. The van der Waals surface area contributed by atoms with Gasteiger partial charge in [0.05, 0.1) is 18.2 Å². The minimum atomic E-state index is -0.736. The number of nitrogens with zero attached hydrogens (tertiary/aromatic N) is 2. The summed E-state index contributed by atoms with van der Waals surface area (Å²) in [6, 6.07) is 11.5. The van der Waals surface area contributed by atoms with E-state index in [2.05, 4.69) is 0 Å². The molecule has 2 heterocycles. The van der Waals surface area contributed by atoms with Crippen LogP contribution in [0.1, 0.15) is 30.5 Å². The normalized spacial score (nSPS) is 18.9. The molecule has 2 aromatic carbocycles. The van der Waals surface area contributed by atoms with Crippen molar-refractivity contribution in [2.24, 2.45) is 0 Å². The first-order valence-electron chi connectivity index (χ1n) is 11.0. The number of carbonyl (C=O) groups excluding carboxylic acids is 2. The van der Waals surface area contributed by atoms with Crippen molar-refractivity contribution in [3.05, 3.63) is 59.2 Å². The predicted octanol–water partition coefficient (Wildman–Crippen LogP) is 3.19. The average molecular weight is 453 g/mol. The molecule has 174 valence electrons. The van der Waals surface area contributed by atoms with Crippen LogP contribution >= 0.6 is 0 Å². The number of hydrogen-bond donors (Lipinski definition) is 1. The van der Waals surface area contributed by atoms with E-state index in [-0.39, 0.29) is 18.1 Å². The molecule has 8 heteroatoms. The number of amides is 1. The van der Waals surface area contributed by atoms with Crippen molar-refractivity contribution >= 4 is 17.4 Å². The molecule has 1 unspecified atom stereocenters. The van der Waals surface area contributed by atoms with E-state index in [9.17, 15) is 14.7 Å². The van der Waals surface area contributed by atoms with Gasteiger partial charge in [0.2, 0.25) is 6.79 Å². The first kappa shape index (κ1) is 22.7. The van der Waals surface area contributed by atoms with Crippen LogP contribution in [0, 0.1) is 0 Å². The van der Waals surface area contributed by atoms with Gasteiger partial charge in [-0.3, -0.25) is 9.59 Å². The number of ether oxygens (including phenoxy) is 3. The summed E-state index contributed by atoms with van der Waals surface area (Å²) < 4.78 is 16.5. The molecule has 1 N–H and O–H groups in total. The third-order valence-electron chi connectivity index (χ3n) is 5.62. The number of likely N-dealkylation sites (tertiary alicyclic amines) is 1. The van der Waals surface area contributed by atoms with Crippen molar-refractivity contribution in [2.75, 3.05) is 40.6 Å². The summed E-state index contributed by atoms with van der Waals surface area (Å²) >= 11 is 0. The SMILES string of the molecule is CCCOc1cccc(C2/C(=C(\O)c3ccc4c(c3)OCO4)C(=O)C(=O)N2CCN(C)C)c1. The Labute approximate surface area is 193 Å². The molecule has 2 aliphatic heterocycles. The summed E-state index contributed by atoms with van der Waals surface area (Å²) in [4.78, 5) is 29.6. The Bertz CT molecular complexity index is 1090. The Morgan fingerprint density at radius 3 is 2.70 bits per heavy atom. The molecule has 1 amide bonds. The van der Waals surface area contributed by atoms with Gasteiger partial charge in [0.1, 0.15) is 11.5 Å². The van der Waals surface area contributed by atoms with E-state index in [0.717, 1.165) is 6.42 Å². The maximum Gasteiger partial charge on any atom is 0.295 e. The number of fused-ring (bicyclic) bond motifs is 1. The van der Waals surface area contributed by atoms with Crippen molar-refractivity contribution in [2.45, 2.75) is 19.4 Å². The minimum Gasteiger partial charge on any atom is -0.507 e. The first-order valence-corrected chi connectivity index (χ1v) is 11.0. The lowest BCUT2D eigenvalue weighted by Gasteiger charge is -2.27. The largest absolute Gasteiger partial charge is 0.507 e. The van der Waals surface area contributed by atoms with Crippen molar-refractivity contribution in [1.29, 1.82) is 0 Å². The van der Waals surface area contributed by atoms with E-state index >= 15 is 0 Å². The number of benzene rings is 2. The van der Waals surface area contributed by atoms with E-state index in [1.54, 1.807) is 18.2 Å². The third-order valence-corrected chi connectivity index (χ3v) is 5.62. The number of carbonyl (C=O) groups is 2. The molecule has 4 rings (SSSR count). The highest BCUT2D eigenvalue weighted by atomic mass is 16.7. The average Bonchev–Trinajstić information content (AvgIpc) is 3.38. The van der Waals surface area contributed by atoms with Crippen LogP contribution < -0.4 is 14.2 Å². The molecule has 0 aromatic heterocycles. The fourth-order valence-electron chi connectivity index (χ4n) is 3.96. The molecule has 0 aliphatic carbocycles. The van der Waals surface area contributed by atoms with Gasteiger partial charge in [0.15, 0.2) is 11.5 Å². The number of Topliss-reactive ketones (excluding diaryl/α,β-unsaturated/α-hetero) is 1. The second-order valence-electron chi connectivity index (χ2n) is 8.28. The lowest BCUT2D eigenvalue weighted by molar-refractivity contribution is -0.140. The van der Waals surface area contributed by atoms with Gasteiger partial charge in [-0.25, -0.2) is 0 Å². The van der Waals surface area contributed by atoms with Gasteiger partial charge >= 0.3 is 0 Å². The summed E-state index contributed by atoms with van der Waals surface area (Å²) in [5.74, 6) is 0.0973. The Morgan fingerprint density at radius 1 is 1.15 bits per heavy atom. The zero-order valence-corrected chi connectivity index (χ0v) is 19.0. The number of ketones is 1. The lowest BCUT2D eigenvalue weighted by atomic mass is 9.95. The van der Waals surface area contributed by atoms with Crippen LogP contribution in [0.2, 0.25) is 0 Å². The van der Waals surface area contributed by atoms with Gasteiger partial charge in [-0.1, -0.05) is 19.1 Å². The number of rotatable bonds is 8. The number of hydrogen-bond acceptors (Lipinski definition) is 7. The van der Waals surface area contributed by atoms with E-state index in [0.29, 0.717) is 48.1 Å². The molecular formula is C25H28N2O6. The fraction of sp³-hybridized carbons (Fsp3) is 0.360. The molecule has 2 aliphatic rings. The van der Waals surface area contributed by atoms with Crippen LogP contribution in [0.3, 0.4) is 0 Å². The van der Waals surface area contributed by atoms with Gasteiger partial charge < -0.3 is 29.1 Å². The second kappa shape index (κ2) is 9.54. The quantitative estimate of drug-likeness (QED) is 0.374. The second-order valence-corrected chi connectivity index (χ2v) is 8.28. The Balaban J connectivity index is 1.80. The zero-order chi connectivity index (χ0) is 23.5. The molecule has 0 spiro atoms. The predicted molar refractivity (Wildman–Crippen MR) is 122 cm³/mol. The maximum atomic E-state index is 13.1. The molecule has 0 bridgehead atoms. The van der Waals surface area contributed by atoms with E-state index < -0.39 is 17.7 Å². The van der Waals surface area contributed by atoms with Crippen LogP contribution in [0.5, 0.6) is 17.2 Å². The van der Waals surface area contributed by atoms with Crippen LogP contribution in [-0.2, 0) is 9.59 Å². The van der Waals surface area contributed by atoms with E-state index in [4.69, 9.17) is 14.2 Å². The first-order chi connectivity index (χ1) is 15.9. The van der Waals surface area contributed by atoms with Gasteiger partial charge in [0, 0.05) is 18.7 Å². The highest BCUT2D eigenvalue weighted by molar-refractivity contribution is 6.46. The maximum absolute atomic E-state index is 13.1. The van der Waals surface area contributed by atoms with Crippen molar-refractivity contribution < 1.29 is 28.9 Å². The molecule has 1 saturated heterocycles. The smallest absolute Gasteiger partial charge is 0.295 e. The van der Waals surface area contributed by atoms with Crippen molar-refractivity contribution in [1.82, 2.24) is 9.80 Å². The van der Waals surface area contributed by atoms with Gasteiger partial charge in [-0.2, -0.15) is 0 Å². The molecule has 33 heavy (non-hydrogen) atoms. The Morgan fingerprint density at radius 2 is 1.94 bits per heavy atom. The van der Waals surface area contributed by atoms with E-state index in [1.807, 2.05) is 50.2 Å². The summed E-state index contributed by atoms with van der Waals surface area (Å²) in [5, 5.41) is 11.2. The summed E-state index contributed by atoms with van der Waals surface area (Å²) in [6.07, 6.45) is 0.857. The molecule has 8 nitrogen and oxygen atoms in total. The van der Waals surface area contributed by atoms with Crippen LogP contribution in [0.4, 0.5) is 0 Å². The third kappa shape index (κ3) is 4.52.